The predicted molar refractivity (Wildman–Crippen MR) is 78.4 cm³/mol. The summed E-state index contributed by atoms with van der Waals surface area (Å²) in [6, 6.07) is 6.04. The van der Waals surface area contributed by atoms with Crippen molar-refractivity contribution in [2.75, 3.05) is 19.8 Å². The van der Waals surface area contributed by atoms with Crippen LogP contribution in [0.25, 0.3) is 0 Å². The van der Waals surface area contributed by atoms with Gasteiger partial charge in [0, 0.05) is 0 Å². The summed E-state index contributed by atoms with van der Waals surface area (Å²) in [6.45, 7) is 6.85. The Balaban J connectivity index is 2.63. The van der Waals surface area contributed by atoms with E-state index in [-0.39, 0.29) is 19.3 Å². The van der Waals surface area contributed by atoms with Crippen molar-refractivity contribution in [1.29, 1.82) is 0 Å². The van der Waals surface area contributed by atoms with Crippen molar-refractivity contribution in [2.45, 2.75) is 45.8 Å². The van der Waals surface area contributed by atoms with E-state index in [0.717, 1.165) is 24.1 Å². The first-order valence-electron chi connectivity index (χ1n) is 7.28. The summed E-state index contributed by atoms with van der Waals surface area (Å²) in [7, 11) is 0. The van der Waals surface area contributed by atoms with Crippen LogP contribution in [0.5, 0.6) is 0 Å². The fraction of sp³-hybridized carbons (Fsp3) is 0.625. The molecule has 0 spiro atoms. The van der Waals surface area contributed by atoms with Crippen molar-refractivity contribution in [3.8, 4) is 0 Å². The van der Waals surface area contributed by atoms with E-state index in [2.05, 4.69) is 18.3 Å². The number of aryl methyl sites for hydroxylation is 2. The van der Waals surface area contributed by atoms with Gasteiger partial charge >= 0.3 is 6.18 Å². The molecule has 0 fully saturated rings. The lowest BCUT2D eigenvalue weighted by molar-refractivity contribution is -0.145. The molecule has 0 aromatic heterocycles. The summed E-state index contributed by atoms with van der Waals surface area (Å²) in [4.78, 5) is 0. The van der Waals surface area contributed by atoms with Crippen molar-refractivity contribution >= 4 is 0 Å². The zero-order valence-corrected chi connectivity index (χ0v) is 12.9. The van der Waals surface area contributed by atoms with Crippen molar-refractivity contribution in [2.24, 2.45) is 0 Å². The van der Waals surface area contributed by atoms with Gasteiger partial charge < -0.3 is 10.1 Å². The van der Waals surface area contributed by atoms with Crippen molar-refractivity contribution in [3.05, 3.63) is 34.9 Å². The van der Waals surface area contributed by atoms with E-state index in [4.69, 9.17) is 4.74 Å². The quantitative estimate of drug-likeness (QED) is 0.722. The normalized spacial score (nSPS) is 13.4. The number of alkyl halides is 3. The van der Waals surface area contributed by atoms with E-state index in [1.165, 1.54) is 5.56 Å². The molecule has 21 heavy (non-hydrogen) atoms. The Morgan fingerprint density at radius 1 is 1.24 bits per heavy atom. The highest BCUT2D eigenvalue weighted by atomic mass is 19.4. The molecule has 1 atom stereocenters. The molecule has 0 bridgehead atoms. The van der Waals surface area contributed by atoms with Gasteiger partial charge in [0.05, 0.1) is 25.7 Å². The van der Waals surface area contributed by atoms with Crippen LogP contribution in [0.15, 0.2) is 18.2 Å². The van der Waals surface area contributed by atoms with Gasteiger partial charge in [-0.05, 0) is 37.9 Å². The lowest BCUT2D eigenvalue weighted by Crippen LogP contribution is -2.27. The third-order valence-electron chi connectivity index (χ3n) is 3.26. The van der Waals surface area contributed by atoms with E-state index in [9.17, 15) is 13.2 Å². The lowest BCUT2D eigenvalue weighted by atomic mass is 9.99. The van der Waals surface area contributed by atoms with Gasteiger partial charge in [0.2, 0.25) is 0 Å². The van der Waals surface area contributed by atoms with E-state index in [1.807, 2.05) is 26.0 Å². The zero-order chi connectivity index (χ0) is 15.9. The summed E-state index contributed by atoms with van der Waals surface area (Å²) >= 11 is 0. The maximum absolute atomic E-state index is 12.1. The first-order valence-corrected chi connectivity index (χ1v) is 7.28. The van der Waals surface area contributed by atoms with Crippen LogP contribution in [0.4, 0.5) is 13.2 Å². The molecule has 2 nitrogen and oxygen atoms in total. The zero-order valence-electron chi connectivity index (χ0n) is 12.9. The molecular formula is C16H24F3NO. The van der Waals surface area contributed by atoms with E-state index in [1.54, 1.807) is 0 Å². The smallest absolute Gasteiger partial charge is 0.379 e. The molecule has 0 saturated carbocycles. The fourth-order valence-electron chi connectivity index (χ4n) is 2.18. The molecule has 1 aromatic carbocycles. The van der Waals surface area contributed by atoms with E-state index in [0.29, 0.717) is 0 Å². The Bertz CT molecular complexity index is 432. The highest BCUT2D eigenvalue weighted by Crippen LogP contribution is 2.22. The maximum atomic E-state index is 12.1. The molecule has 0 radical (unpaired) electrons. The van der Waals surface area contributed by atoms with Crippen molar-refractivity contribution < 1.29 is 17.9 Å². The molecule has 120 valence electrons. The SMILES string of the molecule is CCCNC(COCCC(F)(F)F)c1ccc(C)cc1C. The molecular weight excluding hydrogens is 279 g/mol. The minimum atomic E-state index is -4.16. The van der Waals surface area contributed by atoms with Gasteiger partial charge in [-0.1, -0.05) is 30.7 Å². The van der Waals surface area contributed by atoms with Crippen molar-refractivity contribution in [1.82, 2.24) is 5.32 Å². The Hall–Kier alpha value is -1.07. The van der Waals surface area contributed by atoms with Crippen LogP contribution >= 0.6 is 0 Å². The number of ether oxygens (including phenoxy) is 1. The van der Waals surface area contributed by atoms with Crippen LogP contribution in [0.1, 0.15) is 42.5 Å². The number of benzene rings is 1. The van der Waals surface area contributed by atoms with Crippen LogP contribution in [0, 0.1) is 13.8 Å². The van der Waals surface area contributed by atoms with Gasteiger partial charge in [0.1, 0.15) is 0 Å². The van der Waals surface area contributed by atoms with Crippen LogP contribution in [-0.4, -0.2) is 25.9 Å². The van der Waals surface area contributed by atoms with E-state index >= 15 is 0 Å². The van der Waals surface area contributed by atoms with Gasteiger partial charge in [0.15, 0.2) is 0 Å². The second kappa shape index (κ2) is 8.39. The largest absolute Gasteiger partial charge is 0.391 e. The number of hydrogen-bond donors (Lipinski definition) is 1. The number of nitrogens with one attached hydrogen (secondary N) is 1. The first-order chi connectivity index (χ1) is 9.83. The Kier molecular flexibility index (Phi) is 7.18. The average molecular weight is 303 g/mol. The molecule has 1 rings (SSSR count). The van der Waals surface area contributed by atoms with Gasteiger partial charge in [-0.2, -0.15) is 13.2 Å². The molecule has 1 aromatic rings. The second-order valence-corrected chi connectivity index (χ2v) is 5.31. The average Bonchev–Trinajstić information content (AvgIpc) is 2.38. The molecule has 0 saturated heterocycles. The summed E-state index contributed by atoms with van der Waals surface area (Å²) in [6.07, 6.45) is -4.10. The number of halogens is 3. The summed E-state index contributed by atoms with van der Waals surface area (Å²) in [5.41, 5.74) is 3.38. The molecule has 1 unspecified atom stereocenters. The molecule has 0 aliphatic rings. The third-order valence-corrected chi connectivity index (χ3v) is 3.26. The van der Waals surface area contributed by atoms with Gasteiger partial charge in [-0.25, -0.2) is 0 Å². The van der Waals surface area contributed by atoms with E-state index < -0.39 is 12.6 Å². The van der Waals surface area contributed by atoms with Crippen LogP contribution in [0.2, 0.25) is 0 Å². The Morgan fingerprint density at radius 3 is 2.52 bits per heavy atom. The molecule has 0 aliphatic heterocycles. The lowest BCUT2D eigenvalue weighted by Gasteiger charge is -2.21. The second-order valence-electron chi connectivity index (χ2n) is 5.31. The Morgan fingerprint density at radius 2 is 1.95 bits per heavy atom. The third kappa shape index (κ3) is 6.96. The minimum Gasteiger partial charge on any atom is -0.379 e. The fourth-order valence-corrected chi connectivity index (χ4v) is 2.18. The number of rotatable bonds is 8. The highest BCUT2D eigenvalue weighted by Gasteiger charge is 2.26. The van der Waals surface area contributed by atoms with Gasteiger partial charge in [-0.15, -0.1) is 0 Å². The van der Waals surface area contributed by atoms with Crippen LogP contribution in [0.3, 0.4) is 0 Å². The molecule has 0 heterocycles. The van der Waals surface area contributed by atoms with Gasteiger partial charge in [0.25, 0.3) is 0 Å². The molecule has 5 heteroatoms. The van der Waals surface area contributed by atoms with Crippen molar-refractivity contribution in [3.63, 3.8) is 0 Å². The van der Waals surface area contributed by atoms with Crippen LogP contribution in [-0.2, 0) is 4.74 Å². The standard InChI is InChI=1S/C16H24F3NO/c1-4-8-20-15(11-21-9-7-16(17,18)19)14-6-5-12(2)10-13(14)3/h5-6,10,15,20H,4,7-9,11H2,1-3H3. The minimum absolute atomic E-state index is 0.0706. The predicted octanol–water partition coefficient (Wildman–Crippen LogP) is 4.31. The summed E-state index contributed by atoms with van der Waals surface area (Å²) in [5, 5.41) is 3.34. The van der Waals surface area contributed by atoms with Gasteiger partial charge in [-0.3, -0.25) is 0 Å². The Labute approximate surface area is 124 Å². The first kappa shape index (κ1) is 18.0. The van der Waals surface area contributed by atoms with Crippen LogP contribution < -0.4 is 5.32 Å². The maximum Gasteiger partial charge on any atom is 0.391 e. The topological polar surface area (TPSA) is 21.3 Å². The summed E-state index contributed by atoms with van der Waals surface area (Å²) < 4.78 is 41.6. The molecule has 1 N–H and O–H groups in total. The summed E-state index contributed by atoms with van der Waals surface area (Å²) in [5.74, 6) is 0. The highest BCUT2D eigenvalue weighted by molar-refractivity contribution is 5.32. The number of hydrogen-bond acceptors (Lipinski definition) is 2. The molecule has 0 aliphatic carbocycles. The molecule has 0 amide bonds. The monoisotopic (exact) mass is 303 g/mol.